The molecule has 1 saturated carbocycles. The Hall–Kier alpha value is -6.68. The average Bonchev–Trinajstić information content (AvgIpc) is 4.32. The third kappa shape index (κ3) is 11.8. The number of cyclic esters (lactones) is 1. The number of unbranched alkanes of at least 4 members (excludes halogenated alkanes) is 3. The first kappa shape index (κ1) is 53.2. The monoisotopic (exact) mass is 1030 g/mol. The van der Waals surface area contributed by atoms with Gasteiger partial charge in [0.25, 0.3) is 5.56 Å². The van der Waals surface area contributed by atoms with Gasteiger partial charge in [-0.3, -0.25) is 28.9 Å². The van der Waals surface area contributed by atoms with Crippen molar-refractivity contribution in [3.63, 3.8) is 0 Å². The predicted octanol–water partition coefficient (Wildman–Crippen LogP) is 3.60. The number of aromatic nitrogens is 5. The van der Waals surface area contributed by atoms with E-state index in [4.69, 9.17) is 33.4 Å². The number of hydrogen-bond acceptors (Lipinski definition) is 16. The fourth-order valence-corrected chi connectivity index (χ4v) is 11.1. The van der Waals surface area contributed by atoms with Gasteiger partial charge in [-0.2, -0.15) is 0 Å². The zero-order valence-corrected chi connectivity index (χ0v) is 42.7. The summed E-state index contributed by atoms with van der Waals surface area (Å²) in [6.07, 6.45) is 10.7. The lowest BCUT2D eigenvalue weighted by Crippen LogP contribution is -2.48. The molecule has 1 N–H and O–H groups in total. The van der Waals surface area contributed by atoms with Crippen molar-refractivity contribution in [3.8, 4) is 11.4 Å². The van der Waals surface area contributed by atoms with Gasteiger partial charge in [0, 0.05) is 62.7 Å². The molecule has 21 heteroatoms. The van der Waals surface area contributed by atoms with Gasteiger partial charge in [-0.15, -0.1) is 5.10 Å². The number of likely N-dealkylation sites (tertiary alicyclic amines) is 1. The maximum absolute atomic E-state index is 13.8. The number of fused-ring (bicyclic) bond motifs is 10. The minimum atomic E-state index is -1.84. The Bertz CT molecular complexity index is 2830. The van der Waals surface area contributed by atoms with Crippen LogP contribution in [0.2, 0.25) is 0 Å². The van der Waals surface area contributed by atoms with Crippen LogP contribution in [0.25, 0.3) is 22.3 Å². The first-order valence-corrected chi connectivity index (χ1v) is 26.2. The van der Waals surface area contributed by atoms with Gasteiger partial charge in [-0.1, -0.05) is 55.3 Å². The van der Waals surface area contributed by atoms with Gasteiger partial charge < -0.3 is 43.2 Å². The maximum Gasteiger partial charge on any atom is 0.355 e. The summed E-state index contributed by atoms with van der Waals surface area (Å²) in [6, 6.07) is 11.4. The second kappa shape index (κ2) is 24.3. The minimum Gasteiger partial charge on any atom is -0.457 e. The number of carbonyl (C=O) groups excluding carboxylic acids is 6. The number of esters is 2. The Labute approximate surface area is 434 Å². The number of ether oxygens (including phenoxy) is 6. The molecule has 3 aromatic heterocycles. The minimum absolute atomic E-state index is 0.0258. The lowest BCUT2D eigenvalue weighted by Gasteiger charge is -2.35. The molecule has 0 spiro atoms. The molecule has 2 bridgehead atoms. The average molecular weight is 1040 g/mol. The van der Waals surface area contributed by atoms with E-state index in [0.29, 0.717) is 87.8 Å². The summed E-state index contributed by atoms with van der Waals surface area (Å²) >= 11 is 0. The first-order chi connectivity index (χ1) is 36.5. The zero-order valence-electron chi connectivity index (χ0n) is 42.7. The molecule has 2 aliphatic carbocycles. The van der Waals surface area contributed by atoms with E-state index < -0.39 is 24.1 Å². The Balaban J connectivity index is 0.674. The van der Waals surface area contributed by atoms with Gasteiger partial charge in [0.2, 0.25) is 29.2 Å². The molecule has 5 aliphatic rings. The molecular weight excluding hydrogens is 969 g/mol. The summed E-state index contributed by atoms with van der Waals surface area (Å²) in [5.74, 6) is -1.98. The summed E-state index contributed by atoms with van der Waals surface area (Å²) in [5.41, 5.74) is 1.79. The number of imide groups is 1. The van der Waals surface area contributed by atoms with Crippen molar-refractivity contribution in [1.82, 2.24) is 39.7 Å². The molecule has 400 valence electrons. The summed E-state index contributed by atoms with van der Waals surface area (Å²) in [6.45, 7) is 4.84. The molecule has 4 aromatic rings. The van der Waals surface area contributed by atoms with Crippen LogP contribution in [0.15, 0.2) is 59.5 Å². The second-order valence-corrected chi connectivity index (χ2v) is 19.7. The van der Waals surface area contributed by atoms with Crippen molar-refractivity contribution in [2.45, 2.75) is 96.6 Å². The number of nitrogens with one attached hydrogen (secondary N) is 1. The van der Waals surface area contributed by atoms with Gasteiger partial charge in [0.05, 0.1) is 93.2 Å². The summed E-state index contributed by atoms with van der Waals surface area (Å²) in [4.78, 5) is 100. The molecule has 21 nitrogen and oxygen atoms in total. The number of rotatable bonds is 29. The SMILES string of the molecule is CC[C@@]1(OC(=O)COCCOCCOCCn2cc(CN(CCCCCCN3C(=O)[C@@H]4[C@H](C3=O)[C@H]3C=C[C@@H]4C3)C(=O)CCC(=O)NCCCOC)nn2)C(=O)OCc2c1cc1n(c2=O)Cc2cc3ccccc3nc2-1. The lowest BCUT2D eigenvalue weighted by atomic mass is 9.85. The fourth-order valence-electron chi connectivity index (χ4n) is 11.1. The third-order valence-corrected chi connectivity index (χ3v) is 14.9. The molecule has 1 aromatic carbocycles. The van der Waals surface area contributed by atoms with Crippen LogP contribution in [0.1, 0.15) is 87.1 Å². The van der Waals surface area contributed by atoms with Crippen LogP contribution in [-0.2, 0) is 89.0 Å². The molecule has 5 atom stereocenters. The molecular formula is C54H66N8O13. The highest BCUT2D eigenvalue weighted by molar-refractivity contribution is 6.06. The van der Waals surface area contributed by atoms with Crippen molar-refractivity contribution in [3.05, 3.63) is 87.5 Å². The molecule has 3 aliphatic heterocycles. The van der Waals surface area contributed by atoms with Crippen LogP contribution >= 0.6 is 0 Å². The number of hydrogen-bond donors (Lipinski definition) is 1. The van der Waals surface area contributed by atoms with Gasteiger partial charge in [0.1, 0.15) is 18.9 Å². The van der Waals surface area contributed by atoms with Gasteiger partial charge in [-0.25, -0.2) is 19.3 Å². The maximum atomic E-state index is 13.8. The van der Waals surface area contributed by atoms with Gasteiger partial charge in [-0.05, 0) is 62.1 Å². The number of allylic oxidation sites excluding steroid dienone is 2. The van der Waals surface area contributed by atoms with Crippen LogP contribution in [0, 0.1) is 23.7 Å². The Morgan fingerprint density at radius 2 is 1.61 bits per heavy atom. The Kier molecular flexibility index (Phi) is 17.2. The normalized spacial score (nSPS) is 20.8. The van der Waals surface area contributed by atoms with E-state index in [-0.39, 0.29) is 117 Å². The topological polar surface area (TPSA) is 242 Å². The van der Waals surface area contributed by atoms with E-state index in [9.17, 15) is 33.6 Å². The fraction of sp³-hybridized carbons (Fsp3) is 0.556. The van der Waals surface area contributed by atoms with Crippen LogP contribution < -0.4 is 10.9 Å². The molecule has 4 amide bonds. The third-order valence-electron chi connectivity index (χ3n) is 14.9. The molecule has 1 saturated heterocycles. The smallest absolute Gasteiger partial charge is 0.355 e. The number of amides is 4. The van der Waals surface area contributed by atoms with E-state index in [0.717, 1.165) is 35.7 Å². The van der Waals surface area contributed by atoms with Gasteiger partial charge >= 0.3 is 11.9 Å². The number of carbonyl (C=O) groups is 6. The predicted molar refractivity (Wildman–Crippen MR) is 268 cm³/mol. The van der Waals surface area contributed by atoms with Crippen molar-refractivity contribution in [2.24, 2.45) is 23.7 Å². The highest BCUT2D eigenvalue weighted by Gasteiger charge is 2.59. The summed E-state index contributed by atoms with van der Waals surface area (Å²) in [7, 11) is 1.60. The highest BCUT2D eigenvalue weighted by Crippen LogP contribution is 2.52. The number of pyridine rings is 2. The molecule has 0 radical (unpaired) electrons. The molecule has 0 unspecified atom stereocenters. The van der Waals surface area contributed by atoms with Crippen LogP contribution in [0.3, 0.4) is 0 Å². The summed E-state index contributed by atoms with van der Waals surface area (Å²) in [5, 5.41) is 12.3. The van der Waals surface area contributed by atoms with E-state index in [1.165, 1.54) is 4.90 Å². The second-order valence-electron chi connectivity index (χ2n) is 19.7. The van der Waals surface area contributed by atoms with E-state index in [1.807, 2.05) is 30.3 Å². The Morgan fingerprint density at radius 3 is 2.39 bits per heavy atom. The quantitative estimate of drug-likeness (QED) is 0.0311. The number of benzene rings is 1. The first-order valence-electron chi connectivity index (χ1n) is 26.2. The molecule has 9 rings (SSSR count). The largest absolute Gasteiger partial charge is 0.457 e. The van der Waals surface area contributed by atoms with E-state index in [1.54, 1.807) is 40.4 Å². The number of nitrogens with zero attached hydrogens (tertiary/aromatic N) is 7. The van der Waals surface area contributed by atoms with Crippen molar-refractivity contribution in [1.29, 1.82) is 0 Å². The van der Waals surface area contributed by atoms with E-state index in [2.05, 4.69) is 27.8 Å². The Morgan fingerprint density at radius 1 is 0.867 bits per heavy atom. The van der Waals surface area contributed by atoms with Crippen LogP contribution in [0.4, 0.5) is 0 Å². The molecule has 75 heavy (non-hydrogen) atoms. The molecule has 2 fully saturated rings. The van der Waals surface area contributed by atoms with E-state index >= 15 is 0 Å². The van der Waals surface area contributed by atoms with Crippen molar-refractivity contribution >= 4 is 46.5 Å². The molecule has 6 heterocycles. The van der Waals surface area contributed by atoms with Crippen molar-refractivity contribution < 1.29 is 57.2 Å². The van der Waals surface area contributed by atoms with Crippen LogP contribution in [-0.4, -0.2) is 143 Å². The number of para-hydroxylation sites is 1. The number of methoxy groups -OCH3 is 1. The standard InChI is InChI=1S/C54H66N8O13/c1-3-54(41-29-43-49-38(27-35-11-6-7-12-42(35)56-49)30-62(43)50(66)40(41)33-74-53(54)69)75-46(65)34-73-26-25-72-24-23-71-22-20-60-32-39(57-58-60)31-59(45(64)16-15-44(63)55-17-10-21-70-2)18-8-4-5-9-19-61-51(67)47-36-13-14-37(28-36)48(47)52(61)68/h6-7,11-14,27,29,32,36-37,47-48H,3-5,8-10,15-26,28,30-31,33-34H2,1-2H3,(H,55,63)/t36-,37+,47+,48-,54-/m0/s1. The summed E-state index contributed by atoms with van der Waals surface area (Å²) < 4.78 is 36.5. The zero-order chi connectivity index (χ0) is 52.5. The van der Waals surface area contributed by atoms with Crippen LogP contribution in [0.5, 0.6) is 0 Å². The van der Waals surface area contributed by atoms with Gasteiger partial charge in [0.15, 0.2) is 0 Å². The van der Waals surface area contributed by atoms with Crippen molar-refractivity contribution in [2.75, 3.05) is 73.0 Å². The lowest BCUT2D eigenvalue weighted by molar-refractivity contribution is -0.192. The highest BCUT2D eigenvalue weighted by atomic mass is 16.6.